The van der Waals surface area contributed by atoms with E-state index in [0.717, 1.165) is 5.56 Å². The molecule has 0 saturated carbocycles. The first-order valence-corrected chi connectivity index (χ1v) is 5.81. The number of hydrogen-bond acceptors (Lipinski definition) is 5. The molecule has 2 N–H and O–H groups in total. The van der Waals surface area contributed by atoms with E-state index in [1.807, 2.05) is 19.1 Å². The first-order valence-electron chi connectivity index (χ1n) is 5.81. The van der Waals surface area contributed by atoms with Crippen LogP contribution in [0, 0.1) is 0 Å². The van der Waals surface area contributed by atoms with Crippen LogP contribution in [-0.4, -0.2) is 39.8 Å². The molecule has 100 valence electrons. The van der Waals surface area contributed by atoms with E-state index in [1.165, 1.54) is 7.11 Å². The molecule has 7 nitrogen and oxygen atoms in total. The summed E-state index contributed by atoms with van der Waals surface area (Å²) in [6.45, 7) is 1.84. The number of rotatable bonds is 5. The van der Waals surface area contributed by atoms with Gasteiger partial charge in [-0.25, -0.2) is 4.98 Å². The zero-order chi connectivity index (χ0) is 13.7. The fourth-order valence-electron chi connectivity index (χ4n) is 1.57. The van der Waals surface area contributed by atoms with Crippen molar-refractivity contribution in [2.45, 2.75) is 13.0 Å². The second-order valence-corrected chi connectivity index (χ2v) is 4.01. The summed E-state index contributed by atoms with van der Waals surface area (Å²) < 4.78 is 4.75. The van der Waals surface area contributed by atoms with E-state index in [2.05, 4.69) is 25.5 Å². The maximum Gasteiger partial charge on any atom is 0.246 e. The maximum atomic E-state index is 11.4. The van der Waals surface area contributed by atoms with E-state index >= 15 is 0 Å². The monoisotopic (exact) mass is 261 g/mol. The van der Waals surface area contributed by atoms with E-state index in [0.29, 0.717) is 11.6 Å². The minimum atomic E-state index is -0.263. The molecule has 0 aliphatic heterocycles. The fraction of sp³-hybridized carbons (Fsp3) is 0.333. The zero-order valence-corrected chi connectivity index (χ0v) is 10.8. The number of methoxy groups -OCH3 is 1. The summed E-state index contributed by atoms with van der Waals surface area (Å²) in [7, 11) is 1.47. The Labute approximate surface area is 110 Å². The third-order valence-electron chi connectivity index (χ3n) is 2.49. The number of carbonyl (C=O) groups is 1. The smallest absolute Gasteiger partial charge is 0.246 e. The number of carbonyl (C=O) groups excluding carboxylic acids is 1. The average Bonchev–Trinajstić information content (AvgIpc) is 2.89. The van der Waals surface area contributed by atoms with Gasteiger partial charge >= 0.3 is 0 Å². The highest BCUT2D eigenvalue weighted by Gasteiger charge is 2.14. The fourth-order valence-corrected chi connectivity index (χ4v) is 1.57. The molecule has 2 aromatic heterocycles. The largest absolute Gasteiger partial charge is 0.375 e. The van der Waals surface area contributed by atoms with E-state index in [1.54, 1.807) is 12.4 Å². The minimum Gasteiger partial charge on any atom is -0.375 e. The van der Waals surface area contributed by atoms with Crippen LogP contribution in [-0.2, 0) is 9.53 Å². The van der Waals surface area contributed by atoms with Crippen molar-refractivity contribution in [3.05, 3.63) is 30.4 Å². The Morgan fingerprint density at radius 2 is 2.42 bits per heavy atom. The third kappa shape index (κ3) is 3.35. The molecule has 0 radical (unpaired) electrons. The van der Waals surface area contributed by atoms with Crippen LogP contribution in [0.4, 0.5) is 0 Å². The lowest BCUT2D eigenvalue weighted by atomic mass is 10.3. The number of aromatic nitrogens is 4. The predicted octanol–water partition coefficient (Wildman–Crippen LogP) is 0.690. The van der Waals surface area contributed by atoms with Crippen LogP contribution in [0.25, 0.3) is 11.4 Å². The molecule has 1 amide bonds. The molecule has 1 unspecified atom stereocenters. The lowest BCUT2D eigenvalue weighted by molar-refractivity contribution is -0.125. The molecule has 0 bridgehead atoms. The molecule has 0 fully saturated rings. The molecule has 7 heteroatoms. The summed E-state index contributed by atoms with van der Waals surface area (Å²) in [4.78, 5) is 19.7. The highest BCUT2D eigenvalue weighted by atomic mass is 16.5. The van der Waals surface area contributed by atoms with Gasteiger partial charge in [0.05, 0.1) is 6.04 Å². The second-order valence-electron chi connectivity index (χ2n) is 4.01. The number of ether oxygens (including phenoxy) is 1. The Kier molecular flexibility index (Phi) is 4.19. The van der Waals surface area contributed by atoms with Crippen molar-refractivity contribution in [2.75, 3.05) is 13.7 Å². The van der Waals surface area contributed by atoms with Crippen LogP contribution in [0.3, 0.4) is 0 Å². The summed E-state index contributed by atoms with van der Waals surface area (Å²) in [6, 6.07) is 3.42. The van der Waals surface area contributed by atoms with Gasteiger partial charge in [-0.15, -0.1) is 0 Å². The molecule has 19 heavy (non-hydrogen) atoms. The van der Waals surface area contributed by atoms with Crippen molar-refractivity contribution in [3.63, 3.8) is 0 Å². The summed E-state index contributed by atoms with van der Waals surface area (Å²) in [5, 5.41) is 9.66. The molecule has 2 heterocycles. The van der Waals surface area contributed by atoms with Crippen molar-refractivity contribution in [1.82, 2.24) is 25.5 Å². The summed E-state index contributed by atoms with van der Waals surface area (Å²) in [5.74, 6) is 0.938. The van der Waals surface area contributed by atoms with Gasteiger partial charge in [0.15, 0.2) is 5.82 Å². The SMILES string of the molecule is COCC(=O)NC(C)c1nc(-c2cccnc2)n[nH]1. The highest BCUT2D eigenvalue weighted by molar-refractivity contribution is 5.77. The van der Waals surface area contributed by atoms with Gasteiger partial charge in [0.25, 0.3) is 0 Å². The molecule has 0 aliphatic rings. The van der Waals surface area contributed by atoms with Crippen molar-refractivity contribution < 1.29 is 9.53 Å². The number of hydrogen-bond donors (Lipinski definition) is 2. The lowest BCUT2D eigenvalue weighted by Crippen LogP contribution is -2.30. The molecule has 1 atom stereocenters. The van der Waals surface area contributed by atoms with Gasteiger partial charge in [-0.05, 0) is 19.1 Å². The van der Waals surface area contributed by atoms with E-state index < -0.39 is 0 Å². The number of pyridine rings is 1. The quantitative estimate of drug-likeness (QED) is 0.826. The molecule has 2 rings (SSSR count). The van der Waals surface area contributed by atoms with E-state index in [-0.39, 0.29) is 18.6 Å². The lowest BCUT2D eigenvalue weighted by Gasteiger charge is -2.09. The van der Waals surface area contributed by atoms with Gasteiger partial charge < -0.3 is 10.1 Å². The normalized spacial score (nSPS) is 12.1. The van der Waals surface area contributed by atoms with Crippen molar-refractivity contribution >= 4 is 5.91 Å². The van der Waals surface area contributed by atoms with Gasteiger partial charge in [0.2, 0.25) is 5.91 Å². The van der Waals surface area contributed by atoms with Crippen LogP contribution in [0.1, 0.15) is 18.8 Å². The second kappa shape index (κ2) is 6.05. The average molecular weight is 261 g/mol. The Balaban J connectivity index is 2.07. The first-order chi connectivity index (χ1) is 9.20. The zero-order valence-electron chi connectivity index (χ0n) is 10.8. The number of aromatic amines is 1. The summed E-state index contributed by atoms with van der Waals surface area (Å²) in [5.41, 5.74) is 0.820. The summed E-state index contributed by atoms with van der Waals surface area (Å²) >= 11 is 0. The Morgan fingerprint density at radius 1 is 1.58 bits per heavy atom. The van der Waals surface area contributed by atoms with Crippen LogP contribution in [0.5, 0.6) is 0 Å². The van der Waals surface area contributed by atoms with Crippen LogP contribution < -0.4 is 5.32 Å². The number of amides is 1. The first kappa shape index (κ1) is 13.2. The van der Waals surface area contributed by atoms with Crippen LogP contribution >= 0.6 is 0 Å². The van der Waals surface area contributed by atoms with Gasteiger partial charge in [0.1, 0.15) is 12.4 Å². The number of nitrogens with zero attached hydrogens (tertiary/aromatic N) is 3. The standard InChI is InChI=1S/C12H15N5O2/c1-8(14-10(18)7-19-2)11-15-12(17-16-11)9-4-3-5-13-6-9/h3-6,8H,7H2,1-2H3,(H,14,18)(H,15,16,17). The summed E-state index contributed by atoms with van der Waals surface area (Å²) in [6.07, 6.45) is 3.37. The molecule has 0 aliphatic carbocycles. The van der Waals surface area contributed by atoms with Gasteiger partial charge in [-0.1, -0.05) is 0 Å². The van der Waals surface area contributed by atoms with Gasteiger partial charge in [-0.3, -0.25) is 14.9 Å². The number of nitrogens with one attached hydrogen (secondary N) is 2. The van der Waals surface area contributed by atoms with Gasteiger partial charge in [0, 0.05) is 25.1 Å². The predicted molar refractivity (Wildman–Crippen MR) is 68.0 cm³/mol. The third-order valence-corrected chi connectivity index (χ3v) is 2.49. The number of H-pyrrole nitrogens is 1. The van der Waals surface area contributed by atoms with Crippen molar-refractivity contribution in [1.29, 1.82) is 0 Å². The molecular formula is C12H15N5O2. The molecular weight excluding hydrogens is 246 g/mol. The van der Waals surface area contributed by atoms with E-state index in [4.69, 9.17) is 4.74 Å². The molecule has 2 aromatic rings. The topological polar surface area (TPSA) is 92.8 Å². The molecule has 0 aromatic carbocycles. The van der Waals surface area contributed by atoms with Crippen LogP contribution in [0.2, 0.25) is 0 Å². The Morgan fingerprint density at radius 3 is 3.11 bits per heavy atom. The van der Waals surface area contributed by atoms with Crippen molar-refractivity contribution in [2.24, 2.45) is 0 Å². The Bertz CT molecular complexity index is 540. The minimum absolute atomic E-state index is 0.0218. The maximum absolute atomic E-state index is 11.4. The highest BCUT2D eigenvalue weighted by Crippen LogP contribution is 2.15. The van der Waals surface area contributed by atoms with Crippen LogP contribution in [0.15, 0.2) is 24.5 Å². The Hall–Kier alpha value is -2.28. The van der Waals surface area contributed by atoms with Crippen molar-refractivity contribution in [3.8, 4) is 11.4 Å². The molecule has 0 saturated heterocycles. The molecule has 0 spiro atoms. The van der Waals surface area contributed by atoms with Gasteiger partial charge in [-0.2, -0.15) is 5.10 Å². The van der Waals surface area contributed by atoms with E-state index in [9.17, 15) is 4.79 Å².